The molecule has 1 atom stereocenters. The van der Waals surface area contributed by atoms with Crippen LogP contribution in [0.4, 0.5) is 0 Å². The van der Waals surface area contributed by atoms with Crippen molar-refractivity contribution in [2.75, 3.05) is 6.61 Å². The fraction of sp³-hybridized carbons (Fsp3) is 0.357. The van der Waals surface area contributed by atoms with Crippen LogP contribution in [-0.4, -0.2) is 21.6 Å². The van der Waals surface area contributed by atoms with Crippen LogP contribution in [0.2, 0.25) is 5.02 Å². The number of aromatic nitrogens is 3. The molecule has 0 aliphatic carbocycles. The molecule has 1 unspecified atom stereocenters. The van der Waals surface area contributed by atoms with Crippen LogP contribution in [0.1, 0.15) is 35.9 Å². The zero-order valence-electron chi connectivity index (χ0n) is 11.0. The van der Waals surface area contributed by atoms with Crippen molar-refractivity contribution in [3.8, 4) is 11.8 Å². The van der Waals surface area contributed by atoms with Gasteiger partial charge in [0.25, 0.3) is 0 Å². The number of hydrogen-bond donors (Lipinski definition) is 0. The summed E-state index contributed by atoms with van der Waals surface area (Å²) >= 11 is 5.98. The molecular weight excluding hydrogens is 276 g/mol. The molecule has 1 aliphatic rings. The zero-order valence-corrected chi connectivity index (χ0v) is 11.8. The fourth-order valence-corrected chi connectivity index (χ4v) is 2.71. The third-order valence-corrected chi connectivity index (χ3v) is 3.67. The first-order valence-electron chi connectivity index (χ1n) is 6.44. The summed E-state index contributed by atoms with van der Waals surface area (Å²) in [5.41, 5.74) is 2.90. The number of nitriles is 1. The normalized spacial score (nSPS) is 18.1. The van der Waals surface area contributed by atoms with Gasteiger partial charge in [0.2, 0.25) is 0 Å². The minimum Gasteiger partial charge on any atom is -0.372 e. The second kappa shape index (κ2) is 5.23. The van der Waals surface area contributed by atoms with Gasteiger partial charge in [-0.15, -0.1) is 5.10 Å². The molecule has 1 aromatic carbocycles. The quantitative estimate of drug-likeness (QED) is 0.852. The van der Waals surface area contributed by atoms with Crippen LogP contribution in [-0.2, 0) is 4.74 Å². The number of rotatable bonds is 2. The van der Waals surface area contributed by atoms with Crippen LogP contribution in [0.15, 0.2) is 18.2 Å². The molecule has 6 heteroatoms. The van der Waals surface area contributed by atoms with Crippen LogP contribution in [0, 0.1) is 18.3 Å². The Balaban J connectivity index is 2.14. The largest absolute Gasteiger partial charge is 0.372 e. The topological polar surface area (TPSA) is 63.7 Å². The average molecular weight is 289 g/mol. The van der Waals surface area contributed by atoms with Gasteiger partial charge in [-0.2, -0.15) is 5.26 Å². The number of halogens is 1. The molecular formula is C14H13ClN4O. The van der Waals surface area contributed by atoms with Gasteiger partial charge in [-0.1, -0.05) is 16.8 Å². The highest BCUT2D eigenvalue weighted by Crippen LogP contribution is 2.32. The first kappa shape index (κ1) is 13.1. The highest BCUT2D eigenvalue weighted by Gasteiger charge is 2.27. The molecule has 0 bridgehead atoms. The van der Waals surface area contributed by atoms with Crippen LogP contribution in [0.25, 0.3) is 5.69 Å². The standard InChI is InChI=1S/C14H13ClN4O/c1-9-7-10(15)4-5-12(9)19-14(11(8-16)17-18-19)13-3-2-6-20-13/h4-5,7,13H,2-3,6H2,1H3. The second-order valence-corrected chi connectivity index (χ2v) is 5.22. The van der Waals surface area contributed by atoms with Crippen molar-refractivity contribution in [3.05, 3.63) is 40.2 Å². The highest BCUT2D eigenvalue weighted by molar-refractivity contribution is 6.30. The molecule has 20 heavy (non-hydrogen) atoms. The number of ether oxygens (including phenoxy) is 1. The summed E-state index contributed by atoms with van der Waals surface area (Å²) < 4.78 is 7.38. The van der Waals surface area contributed by atoms with Crippen molar-refractivity contribution in [1.82, 2.24) is 15.0 Å². The van der Waals surface area contributed by atoms with Gasteiger partial charge in [-0.3, -0.25) is 0 Å². The predicted molar refractivity (Wildman–Crippen MR) is 73.7 cm³/mol. The lowest BCUT2D eigenvalue weighted by Crippen LogP contribution is -2.09. The molecule has 102 valence electrons. The van der Waals surface area contributed by atoms with Gasteiger partial charge in [0.15, 0.2) is 5.69 Å². The molecule has 0 saturated carbocycles. The van der Waals surface area contributed by atoms with E-state index in [9.17, 15) is 5.26 Å². The van der Waals surface area contributed by atoms with E-state index >= 15 is 0 Å². The molecule has 0 spiro atoms. The molecule has 0 radical (unpaired) electrons. The summed E-state index contributed by atoms with van der Waals surface area (Å²) in [7, 11) is 0. The summed E-state index contributed by atoms with van der Waals surface area (Å²) in [6.07, 6.45) is 1.75. The van der Waals surface area contributed by atoms with Crippen molar-refractivity contribution < 1.29 is 4.74 Å². The van der Waals surface area contributed by atoms with Crippen molar-refractivity contribution in [2.24, 2.45) is 0 Å². The average Bonchev–Trinajstić information content (AvgIpc) is 3.06. The summed E-state index contributed by atoms with van der Waals surface area (Å²) in [4.78, 5) is 0. The van der Waals surface area contributed by atoms with E-state index in [4.69, 9.17) is 16.3 Å². The number of benzene rings is 1. The van der Waals surface area contributed by atoms with Gasteiger partial charge in [0.05, 0.1) is 5.69 Å². The lowest BCUT2D eigenvalue weighted by molar-refractivity contribution is 0.106. The maximum absolute atomic E-state index is 9.21. The van der Waals surface area contributed by atoms with E-state index in [-0.39, 0.29) is 6.10 Å². The minimum atomic E-state index is -0.116. The first-order valence-corrected chi connectivity index (χ1v) is 6.82. The summed E-state index contributed by atoms with van der Waals surface area (Å²) in [6.45, 7) is 2.66. The van der Waals surface area contributed by atoms with Crippen LogP contribution < -0.4 is 0 Å². The molecule has 1 aromatic heterocycles. The van der Waals surface area contributed by atoms with E-state index in [0.717, 1.165) is 29.8 Å². The molecule has 3 rings (SSSR count). The van der Waals surface area contributed by atoms with E-state index in [1.54, 1.807) is 10.7 Å². The molecule has 1 aliphatic heterocycles. The van der Waals surface area contributed by atoms with Crippen LogP contribution in [0.3, 0.4) is 0 Å². The lowest BCUT2D eigenvalue weighted by atomic mass is 10.1. The molecule has 1 fully saturated rings. The third kappa shape index (κ3) is 2.17. The molecule has 0 N–H and O–H groups in total. The van der Waals surface area contributed by atoms with Crippen LogP contribution >= 0.6 is 11.6 Å². The number of nitrogens with zero attached hydrogens (tertiary/aromatic N) is 4. The monoisotopic (exact) mass is 288 g/mol. The Labute approximate surface area is 121 Å². The Kier molecular flexibility index (Phi) is 3.43. The third-order valence-electron chi connectivity index (χ3n) is 3.43. The minimum absolute atomic E-state index is 0.116. The smallest absolute Gasteiger partial charge is 0.189 e. The predicted octanol–water partition coefficient (Wildman–Crippen LogP) is 2.95. The number of hydrogen-bond acceptors (Lipinski definition) is 4. The van der Waals surface area contributed by atoms with Gasteiger partial charge in [-0.05, 0) is 43.5 Å². The van der Waals surface area contributed by atoms with Crippen LogP contribution in [0.5, 0.6) is 0 Å². The molecule has 0 amide bonds. The Morgan fingerprint density at radius 2 is 2.35 bits per heavy atom. The Morgan fingerprint density at radius 3 is 3.00 bits per heavy atom. The van der Waals surface area contributed by atoms with Gasteiger partial charge in [-0.25, -0.2) is 4.68 Å². The van der Waals surface area contributed by atoms with Gasteiger partial charge in [0.1, 0.15) is 17.9 Å². The second-order valence-electron chi connectivity index (χ2n) is 4.78. The van der Waals surface area contributed by atoms with Crippen molar-refractivity contribution in [3.63, 3.8) is 0 Å². The van der Waals surface area contributed by atoms with Crippen molar-refractivity contribution >= 4 is 11.6 Å². The molecule has 1 saturated heterocycles. The van der Waals surface area contributed by atoms with E-state index in [0.29, 0.717) is 17.3 Å². The summed E-state index contributed by atoms with van der Waals surface area (Å²) in [5, 5.41) is 18.0. The van der Waals surface area contributed by atoms with Gasteiger partial charge >= 0.3 is 0 Å². The Morgan fingerprint density at radius 1 is 1.50 bits per heavy atom. The lowest BCUT2D eigenvalue weighted by Gasteiger charge is -2.13. The summed E-state index contributed by atoms with van der Waals surface area (Å²) in [6, 6.07) is 7.64. The van der Waals surface area contributed by atoms with E-state index in [1.807, 2.05) is 19.1 Å². The SMILES string of the molecule is Cc1cc(Cl)ccc1-n1nnc(C#N)c1C1CCCO1. The van der Waals surface area contributed by atoms with Gasteiger partial charge in [0, 0.05) is 11.6 Å². The Hall–Kier alpha value is -1.90. The maximum atomic E-state index is 9.21. The fourth-order valence-electron chi connectivity index (χ4n) is 2.49. The highest BCUT2D eigenvalue weighted by atomic mass is 35.5. The maximum Gasteiger partial charge on any atom is 0.189 e. The van der Waals surface area contributed by atoms with Crippen molar-refractivity contribution in [1.29, 1.82) is 5.26 Å². The summed E-state index contributed by atoms with van der Waals surface area (Å²) in [5.74, 6) is 0. The Bertz CT molecular complexity index is 683. The van der Waals surface area contributed by atoms with Gasteiger partial charge < -0.3 is 4.74 Å². The molecule has 5 nitrogen and oxygen atoms in total. The molecule has 2 aromatic rings. The zero-order chi connectivity index (χ0) is 14.1. The first-order chi connectivity index (χ1) is 9.70. The molecule has 2 heterocycles. The van der Waals surface area contributed by atoms with Crippen molar-refractivity contribution in [2.45, 2.75) is 25.9 Å². The van der Waals surface area contributed by atoms with E-state index < -0.39 is 0 Å². The number of aryl methyl sites for hydroxylation is 1. The van der Waals surface area contributed by atoms with E-state index in [2.05, 4.69) is 16.4 Å². The van der Waals surface area contributed by atoms with E-state index in [1.165, 1.54) is 0 Å².